The molecule has 0 aromatic carbocycles. The van der Waals surface area contributed by atoms with Gasteiger partial charge in [0.05, 0.1) is 24.5 Å². The van der Waals surface area contributed by atoms with Crippen molar-refractivity contribution in [1.82, 2.24) is 14.9 Å². The molecule has 22 heavy (non-hydrogen) atoms. The van der Waals surface area contributed by atoms with Crippen LogP contribution in [0.3, 0.4) is 0 Å². The van der Waals surface area contributed by atoms with Gasteiger partial charge in [0, 0.05) is 6.54 Å². The lowest BCUT2D eigenvalue weighted by atomic mass is 9.91. The van der Waals surface area contributed by atoms with Gasteiger partial charge in [-0.1, -0.05) is 19.8 Å². The molecule has 2 atom stereocenters. The van der Waals surface area contributed by atoms with Crippen LogP contribution in [0, 0.1) is 0 Å². The van der Waals surface area contributed by atoms with Gasteiger partial charge in [-0.05, 0) is 19.3 Å². The van der Waals surface area contributed by atoms with Gasteiger partial charge in [0.2, 0.25) is 0 Å². The van der Waals surface area contributed by atoms with E-state index in [1.54, 1.807) is 4.90 Å². The quantitative estimate of drug-likeness (QED) is 0.833. The van der Waals surface area contributed by atoms with Crippen molar-refractivity contribution in [3.05, 3.63) is 23.8 Å². The second-order valence-corrected chi connectivity index (χ2v) is 5.57. The van der Waals surface area contributed by atoms with Crippen LogP contribution in [0.5, 0.6) is 0 Å². The fourth-order valence-corrected chi connectivity index (χ4v) is 2.83. The number of aromatic nitrogens is 2. The minimum absolute atomic E-state index is 0.0243. The molecule has 120 valence electrons. The molecule has 1 saturated carbocycles. The molecule has 0 bridgehead atoms. The van der Waals surface area contributed by atoms with Crippen molar-refractivity contribution in [1.29, 1.82) is 0 Å². The summed E-state index contributed by atoms with van der Waals surface area (Å²) in [7, 11) is 0. The van der Waals surface area contributed by atoms with Crippen LogP contribution in [0.25, 0.3) is 0 Å². The third-order valence-electron chi connectivity index (χ3n) is 3.94. The zero-order valence-corrected chi connectivity index (χ0v) is 12.7. The number of nitrogens with zero attached hydrogens (tertiary/aromatic N) is 3. The number of hydrogen-bond acceptors (Lipinski definition) is 5. The standard InChI is InChI=1S/C15H22N4O3/c1-2-7-19(12-5-3-4-6-13(12)20)15(22)11-9-17-10(8-18-11)14(16)21/h8-9,12-13,20H,2-7H2,1H3,(H2,16,21)/t12-,13-/m1/s1. The average molecular weight is 306 g/mol. The van der Waals surface area contributed by atoms with Crippen LogP contribution in [0.15, 0.2) is 12.4 Å². The van der Waals surface area contributed by atoms with Gasteiger partial charge < -0.3 is 15.7 Å². The first kappa shape index (κ1) is 16.4. The third-order valence-corrected chi connectivity index (χ3v) is 3.94. The van der Waals surface area contributed by atoms with Gasteiger partial charge in [-0.2, -0.15) is 0 Å². The van der Waals surface area contributed by atoms with E-state index in [2.05, 4.69) is 9.97 Å². The zero-order chi connectivity index (χ0) is 16.1. The van der Waals surface area contributed by atoms with Crippen molar-refractivity contribution >= 4 is 11.8 Å². The van der Waals surface area contributed by atoms with Crippen molar-refractivity contribution in [2.75, 3.05) is 6.54 Å². The van der Waals surface area contributed by atoms with Gasteiger partial charge in [0.1, 0.15) is 11.4 Å². The summed E-state index contributed by atoms with van der Waals surface area (Å²) in [5.41, 5.74) is 5.30. The summed E-state index contributed by atoms with van der Waals surface area (Å²) < 4.78 is 0. The predicted octanol–water partition coefficient (Wildman–Crippen LogP) is 0.731. The summed E-state index contributed by atoms with van der Waals surface area (Å²) >= 11 is 0. The largest absolute Gasteiger partial charge is 0.391 e. The maximum absolute atomic E-state index is 12.7. The number of aliphatic hydroxyl groups excluding tert-OH is 1. The highest BCUT2D eigenvalue weighted by Gasteiger charge is 2.32. The molecule has 1 aliphatic carbocycles. The molecule has 1 aromatic rings. The Hall–Kier alpha value is -2.02. The molecule has 0 spiro atoms. The highest BCUT2D eigenvalue weighted by atomic mass is 16.3. The summed E-state index contributed by atoms with van der Waals surface area (Å²) in [5.74, 6) is -0.948. The lowest BCUT2D eigenvalue weighted by molar-refractivity contribution is 0.0174. The number of rotatable bonds is 5. The second kappa shape index (κ2) is 7.31. The van der Waals surface area contributed by atoms with Crippen LogP contribution in [0.2, 0.25) is 0 Å². The smallest absolute Gasteiger partial charge is 0.274 e. The molecule has 0 saturated heterocycles. The molecule has 7 nitrogen and oxygen atoms in total. The van der Waals surface area contributed by atoms with Crippen LogP contribution in [-0.4, -0.2) is 50.5 Å². The van der Waals surface area contributed by atoms with Crippen LogP contribution >= 0.6 is 0 Å². The van der Waals surface area contributed by atoms with Gasteiger partial charge in [0.15, 0.2) is 0 Å². The molecule has 7 heteroatoms. The molecular weight excluding hydrogens is 284 g/mol. The van der Waals surface area contributed by atoms with Crippen LogP contribution < -0.4 is 5.73 Å². The van der Waals surface area contributed by atoms with Gasteiger partial charge in [-0.15, -0.1) is 0 Å². The Bertz CT molecular complexity index is 532. The molecule has 0 unspecified atom stereocenters. The molecule has 1 fully saturated rings. The van der Waals surface area contributed by atoms with E-state index < -0.39 is 12.0 Å². The molecule has 1 aliphatic rings. The molecular formula is C15H22N4O3. The van der Waals surface area contributed by atoms with Gasteiger partial charge in [-0.25, -0.2) is 9.97 Å². The van der Waals surface area contributed by atoms with Crippen molar-refractivity contribution < 1.29 is 14.7 Å². The average Bonchev–Trinajstić information content (AvgIpc) is 2.53. The number of carbonyl (C=O) groups excluding carboxylic acids is 2. The van der Waals surface area contributed by atoms with E-state index in [0.29, 0.717) is 13.0 Å². The minimum Gasteiger partial charge on any atom is -0.391 e. The van der Waals surface area contributed by atoms with E-state index >= 15 is 0 Å². The predicted molar refractivity (Wildman–Crippen MR) is 80.1 cm³/mol. The molecule has 2 rings (SSSR count). The normalized spacial score (nSPS) is 21.4. The molecule has 0 radical (unpaired) electrons. The topological polar surface area (TPSA) is 109 Å². The maximum Gasteiger partial charge on any atom is 0.274 e. The Morgan fingerprint density at radius 1 is 1.27 bits per heavy atom. The number of carbonyl (C=O) groups is 2. The third kappa shape index (κ3) is 3.59. The number of amides is 2. The van der Waals surface area contributed by atoms with Crippen molar-refractivity contribution in [3.63, 3.8) is 0 Å². The SMILES string of the molecule is CCCN(C(=O)c1cnc(C(N)=O)cn1)[C@@H]1CCCC[C@H]1O. The fraction of sp³-hybridized carbons (Fsp3) is 0.600. The van der Waals surface area contributed by atoms with Crippen LogP contribution in [0.1, 0.15) is 60.0 Å². The Morgan fingerprint density at radius 3 is 2.45 bits per heavy atom. The van der Waals surface area contributed by atoms with E-state index in [1.165, 1.54) is 12.4 Å². The van der Waals surface area contributed by atoms with E-state index in [0.717, 1.165) is 25.7 Å². The van der Waals surface area contributed by atoms with E-state index in [1.807, 2.05) is 6.92 Å². The molecule has 2 amide bonds. The monoisotopic (exact) mass is 306 g/mol. The first-order valence-corrected chi connectivity index (χ1v) is 7.65. The maximum atomic E-state index is 12.7. The van der Waals surface area contributed by atoms with Crippen molar-refractivity contribution in [3.8, 4) is 0 Å². The highest BCUT2D eigenvalue weighted by Crippen LogP contribution is 2.24. The van der Waals surface area contributed by atoms with Crippen LogP contribution in [0.4, 0.5) is 0 Å². The Labute approximate surface area is 129 Å². The number of aliphatic hydroxyl groups is 1. The van der Waals surface area contributed by atoms with E-state index in [4.69, 9.17) is 5.73 Å². The molecule has 1 heterocycles. The summed E-state index contributed by atoms with van der Waals surface area (Å²) in [6, 6.07) is -0.182. The molecule has 0 aliphatic heterocycles. The Kier molecular flexibility index (Phi) is 5.43. The second-order valence-electron chi connectivity index (χ2n) is 5.57. The van der Waals surface area contributed by atoms with Gasteiger partial charge in [-0.3, -0.25) is 9.59 Å². The Balaban J connectivity index is 2.19. The fourth-order valence-electron chi connectivity index (χ4n) is 2.83. The zero-order valence-electron chi connectivity index (χ0n) is 12.7. The van der Waals surface area contributed by atoms with E-state index in [-0.39, 0.29) is 23.3 Å². The van der Waals surface area contributed by atoms with Crippen molar-refractivity contribution in [2.24, 2.45) is 5.73 Å². The summed E-state index contributed by atoms with van der Waals surface area (Å²) in [6.07, 6.45) is 6.26. The highest BCUT2D eigenvalue weighted by molar-refractivity contribution is 5.94. The Morgan fingerprint density at radius 2 is 1.91 bits per heavy atom. The first-order chi connectivity index (χ1) is 10.5. The lowest BCUT2D eigenvalue weighted by Crippen LogP contribution is -2.49. The summed E-state index contributed by atoms with van der Waals surface area (Å²) in [4.78, 5) is 33.2. The molecule has 3 N–H and O–H groups in total. The number of hydrogen-bond donors (Lipinski definition) is 2. The van der Waals surface area contributed by atoms with Gasteiger partial charge >= 0.3 is 0 Å². The summed E-state index contributed by atoms with van der Waals surface area (Å²) in [5, 5.41) is 10.2. The van der Waals surface area contributed by atoms with Crippen molar-refractivity contribution in [2.45, 2.75) is 51.2 Å². The van der Waals surface area contributed by atoms with Gasteiger partial charge in [0.25, 0.3) is 11.8 Å². The molecule has 1 aromatic heterocycles. The van der Waals surface area contributed by atoms with E-state index in [9.17, 15) is 14.7 Å². The lowest BCUT2D eigenvalue weighted by Gasteiger charge is -2.37. The number of primary amides is 1. The first-order valence-electron chi connectivity index (χ1n) is 7.65. The number of nitrogens with two attached hydrogens (primary N) is 1. The minimum atomic E-state index is -0.681. The van der Waals surface area contributed by atoms with Crippen LogP contribution in [-0.2, 0) is 0 Å². The summed E-state index contributed by atoms with van der Waals surface area (Å²) in [6.45, 7) is 2.54.